The van der Waals surface area contributed by atoms with Crippen LogP contribution in [0.15, 0.2) is 89.2 Å². The Labute approximate surface area is 219 Å². The predicted molar refractivity (Wildman–Crippen MR) is 143 cm³/mol. The number of thioether (sulfide) groups is 1. The van der Waals surface area contributed by atoms with E-state index < -0.39 is 6.04 Å². The molecule has 1 N–H and O–H groups in total. The second-order valence-electron chi connectivity index (χ2n) is 8.95. The first-order valence-electron chi connectivity index (χ1n) is 12.0. The standard InChI is InChI=1S/C29H27FN4O2S/c1-18-9-4-5-10-22(18)16-36-24-13-8-12-21(15-24)27-26(20(3)35)19(2)31-28-32-29(33-34(27)28)37-17-23-11-6-7-14-25(23)30/h4-15,27H,16-17H2,1-3H3,(H,31,32,33). The molecule has 1 atom stereocenters. The summed E-state index contributed by atoms with van der Waals surface area (Å²) in [6.07, 6.45) is 0. The highest BCUT2D eigenvalue weighted by atomic mass is 32.2. The van der Waals surface area contributed by atoms with E-state index in [0.717, 1.165) is 16.8 Å². The van der Waals surface area contributed by atoms with Crippen molar-refractivity contribution in [2.45, 2.75) is 44.3 Å². The van der Waals surface area contributed by atoms with Crippen molar-refractivity contribution in [3.05, 3.63) is 112 Å². The third-order valence-corrected chi connectivity index (χ3v) is 7.24. The van der Waals surface area contributed by atoms with Crippen molar-refractivity contribution in [1.29, 1.82) is 0 Å². The number of aromatic nitrogens is 3. The summed E-state index contributed by atoms with van der Waals surface area (Å²) in [4.78, 5) is 17.4. The van der Waals surface area contributed by atoms with E-state index in [1.807, 2.05) is 55.5 Å². The van der Waals surface area contributed by atoms with Crippen molar-refractivity contribution in [3.8, 4) is 5.75 Å². The number of halogens is 1. The number of nitrogens with zero attached hydrogens (tertiary/aromatic N) is 3. The van der Waals surface area contributed by atoms with Gasteiger partial charge in [-0.2, -0.15) is 4.98 Å². The van der Waals surface area contributed by atoms with E-state index >= 15 is 0 Å². The molecule has 0 saturated heterocycles. The molecule has 2 heterocycles. The number of Topliss-reactive ketones (excluding diaryl/α,β-unsaturated/α-hetero) is 1. The normalized spacial score (nSPS) is 14.8. The number of fused-ring (bicyclic) bond motifs is 1. The molecule has 0 fully saturated rings. The number of allylic oxidation sites excluding steroid dienone is 2. The third-order valence-electron chi connectivity index (χ3n) is 6.36. The largest absolute Gasteiger partial charge is 0.489 e. The minimum Gasteiger partial charge on any atom is -0.489 e. The van der Waals surface area contributed by atoms with Crippen molar-refractivity contribution >= 4 is 23.5 Å². The molecule has 3 aromatic carbocycles. The maximum atomic E-state index is 14.1. The summed E-state index contributed by atoms with van der Waals surface area (Å²) >= 11 is 1.35. The molecule has 0 amide bonds. The lowest BCUT2D eigenvalue weighted by Crippen LogP contribution is -2.27. The van der Waals surface area contributed by atoms with Crippen molar-refractivity contribution in [2.24, 2.45) is 0 Å². The first-order chi connectivity index (χ1) is 17.9. The van der Waals surface area contributed by atoms with E-state index in [-0.39, 0.29) is 11.6 Å². The third kappa shape index (κ3) is 5.29. The molecule has 0 spiro atoms. The Kier molecular flexibility index (Phi) is 7.10. The SMILES string of the molecule is CC(=O)C1=C(C)Nc2nc(SCc3ccccc3F)nn2C1c1cccc(OCc2ccccc2C)c1. The maximum Gasteiger partial charge on any atom is 0.227 e. The lowest BCUT2D eigenvalue weighted by molar-refractivity contribution is -0.114. The monoisotopic (exact) mass is 514 g/mol. The molecule has 1 unspecified atom stereocenters. The van der Waals surface area contributed by atoms with Gasteiger partial charge >= 0.3 is 0 Å². The molecule has 8 heteroatoms. The Hall–Kier alpha value is -3.91. The van der Waals surface area contributed by atoms with Gasteiger partial charge in [0.05, 0.1) is 0 Å². The number of ether oxygens (including phenoxy) is 1. The van der Waals surface area contributed by atoms with Crippen LogP contribution in [0.1, 0.15) is 42.1 Å². The molecule has 4 aromatic rings. The molecule has 0 saturated carbocycles. The number of hydrogen-bond donors (Lipinski definition) is 1. The number of carbonyl (C=O) groups excluding carboxylic acids is 1. The van der Waals surface area contributed by atoms with Gasteiger partial charge in [-0.3, -0.25) is 4.79 Å². The Balaban J connectivity index is 1.44. The summed E-state index contributed by atoms with van der Waals surface area (Å²) in [5.74, 6) is 1.33. The minimum absolute atomic E-state index is 0.0528. The van der Waals surface area contributed by atoms with Gasteiger partial charge in [0, 0.05) is 17.0 Å². The van der Waals surface area contributed by atoms with E-state index in [4.69, 9.17) is 9.84 Å². The molecule has 0 radical (unpaired) electrons. The number of carbonyl (C=O) groups is 1. The van der Waals surface area contributed by atoms with Gasteiger partial charge in [0.15, 0.2) is 5.78 Å². The number of anilines is 1. The fraction of sp³-hybridized carbons (Fsp3) is 0.207. The Morgan fingerprint density at radius 3 is 2.57 bits per heavy atom. The first-order valence-corrected chi connectivity index (χ1v) is 13.0. The Bertz CT molecular complexity index is 1500. The smallest absolute Gasteiger partial charge is 0.227 e. The Morgan fingerprint density at radius 1 is 1.05 bits per heavy atom. The maximum absolute atomic E-state index is 14.1. The van der Waals surface area contributed by atoms with Gasteiger partial charge in [0.1, 0.15) is 24.2 Å². The molecule has 5 rings (SSSR count). The summed E-state index contributed by atoms with van der Waals surface area (Å²) in [6, 6.07) is 22.1. The molecule has 0 aliphatic carbocycles. The van der Waals surface area contributed by atoms with Crippen LogP contribution in [0.25, 0.3) is 0 Å². The number of ketones is 1. The summed E-state index contributed by atoms with van der Waals surface area (Å²) < 4.78 is 21.9. The molecule has 0 bridgehead atoms. The number of benzene rings is 3. The zero-order chi connectivity index (χ0) is 25.9. The van der Waals surface area contributed by atoms with Gasteiger partial charge in [-0.25, -0.2) is 9.07 Å². The van der Waals surface area contributed by atoms with Gasteiger partial charge in [0.25, 0.3) is 0 Å². The van der Waals surface area contributed by atoms with Crippen LogP contribution in [0.2, 0.25) is 0 Å². The van der Waals surface area contributed by atoms with E-state index in [9.17, 15) is 9.18 Å². The lowest BCUT2D eigenvalue weighted by Gasteiger charge is -2.28. The molecule has 1 aliphatic rings. The molecular weight excluding hydrogens is 487 g/mol. The van der Waals surface area contributed by atoms with Crippen LogP contribution in [0.5, 0.6) is 5.75 Å². The number of nitrogens with one attached hydrogen (secondary N) is 1. The molecule has 188 valence electrons. The van der Waals surface area contributed by atoms with Crippen LogP contribution in [-0.2, 0) is 17.2 Å². The summed E-state index contributed by atoms with van der Waals surface area (Å²) in [5, 5.41) is 8.43. The summed E-state index contributed by atoms with van der Waals surface area (Å²) in [6.45, 7) is 5.93. The second kappa shape index (κ2) is 10.6. The van der Waals surface area contributed by atoms with Crippen LogP contribution in [0, 0.1) is 12.7 Å². The fourth-order valence-electron chi connectivity index (χ4n) is 4.42. The fourth-order valence-corrected chi connectivity index (χ4v) is 5.24. The quantitative estimate of drug-likeness (QED) is 0.272. The zero-order valence-corrected chi connectivity index (χ0v) is 21.7. The average molecular weight is 515 g/mol. The van der Waals surface area contributed by atoms with Crippen LogP contribution in [0.3, 0.4) is 0 Å². The lowest BCUT2D eigenvalue weighted by atomic mass is 9.93. The summed E-state index contributed by atoms with van der Waals surface area (Å²) in [5.41, 5.74) is 5.08. The van der Waals surface area contributed by atoms with Gasteiger partial charge in [-0.05, 0) is 61.2 Å². The van der Waals surface area contributed by atoms with Crippen LogP contribution >= 0.6 is 11.8 Å². The van der Waals surface area contributed by atoms with Gasteiger partial charge in [-0.1, -0.05) is 66.4 Å². The first kappa shape index (κ1) is 24.8. The highest BCUT2D eigenvalue weighted by Gasteiger charge is 2.33. The van der Waals surface area contributed by atoms with Crippen molar-refractivity contribution in [2.75, 3.05) is 5.32 Å². The summed E-state index contributed by atoms with van der Waals surface area (Å²) in [7, 11) is 0. The topological polar surface area (TPSA) is 69.0 Å². The van der Waals surface area contributed by atoms with Crippen LogP contribution in [-0.4, -0.2) is 20.5 Å². The minimum atomic E-state index is -0.467. The molecule has 6 nitrogen and oxygen atoms in total. The molecular formula is C29H27FN4O2S. The highest BCUT2D eigenvalue weighted by Crippen LogP contribution is 2.38. The van der Waals surface area contributed by atoms with Gasteiger partial charge in [-0.15, -0.1) is 5.10 Å². The number of rotatable bonds is 8. The van der Waals surface area contributed by atoms with Crippen LogP contribution in [0.4, 0.5) is 10.3 Å². The molecule has 1 aromatic heterocycles. The number of aryl methyl sites for hydroxylation is 1. The van der Waals surface area contributed by atoms with Crippen LogP contribution < -0.4 is 10.1 Å². The van der Waals surface area contributed by atoms with Crippen molar-refractivity contribution < 1.29 is 13.9 Å². The van der Waals surface area contributed by atoms with E-state index in [2.05, 4.69) is 23.3 Å². The van der Waals surface area contributed by atoms with Crippen molar-refractivity contribution in [3.63, 3.8) is 0 Å². The van der Waals surface area contributed by atoms with Crippen molar-refractivity contribution in [1.82, 2.24) is 14.8 Å². The molecule has 1 aliphatic heterocycles. The predicted octanol–water partition coefficient (Wildman–Crippen LogP) is 6.47. The van der Waals surface area contributed by atoms with Gasteiger partial charge < -0.3 is 10.1 Å². The van der Waals surface area contributed by atoms with E-state index in [0.29, 0.717) is 40.4 Å². The number of hydrogen-bond acceptors (Lipinski definition) is 6. The Morgan fingerprint density at radius 2 is 1.81 bits per heavy atom. The average Bonchev–Trinajstić information content (AvgIpc) is 3.29. The van der Waals surface area contributed by atoms with Gasteiger partial charge in [0.2, 0.25) is 11.1 Å². The zero-order valence-electron chi connectivity index (χ0n) is 20.9. The van der Waals surface area contributed by atoms with E-state index in [1.165, 1.54) is 23.4 Å². The molecule has 37 heavy (non-hydrogen) atoms. The highest BCUT2D eigenvalue weighted by molar-refractivity contribution is 7.98. The van der Waals surface area contributed by atoms with E-state index in [1.54, 1.807) is 23.7 Å². The second-order valence-corrected chi connectivity index (χ2v) is 9.90.